The second kappa shape index (κ2) is 23.1. The van der Waals surface area contributed by atoms with Crippen molar-refractivity contribution >= 4 is 38.2 Å². The first kappa shape index (κ1) is 46.3. The van der Waals surface area contributed by atoms with Gasteiger partial charge in [-0.05, 0) is 91.3 Å². The minimum absolute atomic E-state index is 0.0640. The molecule has 7 nitrogen and oxygen atoms in total. The predicted octanol–water partition coefficient (Wildman–Crippen LogP) is 11.5. The number of benzene rings is 1. The second-order valence-electron chi connectivity index (χ2n) is 13.1. The van der Waals surface area contributed by atoms with Crippen LogP contribution in [-0.2, 0) is 16.9 Å². The van der Waals surface area contributed by atoms with E-state index in [1.807, 2.05) is 39.1 Å². The summed E-state index contributed by atoms with van der Waals surface area (Å²) in [5.74, 6) is 1.41. The third-order valence-electron chi connectivity index (χ3n) is 9.31. The monoisotopic (exact) mass is 739 g/mol. The minimum Gasteiger partial charge on any atom is -0.382 e. The van der Waals surface area contributed by atoms with E-state index in [-0.39, 0.29) is 23.1 Å². The molecule has 2 aromatic rings. The Morgan fingerprint density at radius 2 is 1.67 bits per heavy atom. The zero-order valence-electron chi connectivity index (χ0n) is 33.3. The van der Waals surface area contributed by atoms with Crippen molar-refractivity contribution < 1.29 is 18.4 Å². The lowest BCUT2D eigenvalue weighted by Crippen LogP contribution is -2.34. The molecule has 52 heavy (non-hydrogen) atoms. The van der Waals surface area contributed by atoms with Gasteiger partial charge < -0.3 is 20.7 Å². The van der Waals surface area contributed by atoms with Crippen LogP contribution in [0.4, 0.5) is 14.6 Å². The van der Waals surface area contributed by atoms with E-state index in [0.717, 1.165) is 73.0 Å². The van der Waals surface area contributed by atoms with Crippen LogP contribution < -0.4 is 11.1 Å². The Balaban J connectivity index is 0.00000177. The van der Waals surface area contributed by atoms with E-state index in [2.05, 4.69) is 68.3 Å². The number of nitrogens with one attached hydrogen (secondary N) is 1. The van der Waals surface area contributed by atoms with Crippen LogP contribution in [0.25, 0.3) is 5.57 Å². The Morgan fingerprint density at radius 3 is 2.21 bits per heavy atom. The van der Waals surface area contributed by atoms with Gasteiger partial charge in [0.2, 0.25) is 0 Å². The molecule has 288 valence electrons. The molecule has 3 N–H and O–H groups in total. The molecule has 1 aliphatic heterocycles. The van der Waals surface area contributed by atoms with Crippen LogP contribution in [0.3, 0.4) is 0 Å². The number of anilines is 1. The number of nitrogens with two attached hydrogens (primary N) is 1. The van der Waals surface area contributed by atoms with Gasteiger partial charge in [0.15, 0.2) is 0 Å². The highest BCUT2D eigenvalue weighted by molar-refractivity contribution is 7.17. The van der Waals surface area contributed by atoms with E-state index in [1.165, 1.54) is 27.6 Å². The number of ketones is 1. The number of allylic oxidation sites excluding steroid dienone is 2. The lowest BCUT2D eigenvalue weighted by atomic mass is 9.84. The number of Topliss-reactive ketones (excluding diaryl/α,β-unsaturated/α-hetero) is 1. The van der Waals surface area contributed by atoms with Gasteiger partial charge in [-0.1, -0.05) is 103 Å². The smallest absolute Gasteiger partial charge is 0.284 e. The topological polar surface area (TPSA) is 101 Å². The number of nitrogens with zero attached hydrogens (tertiary/aromatic N) is 3. The third kappa shape index (κ3) is 13.7. The van der Waals surface area contributed by atoms with Gasteiger partial charge in [-0.15, -0.1) is 0 Å². The van der Waals surface area contributed by atoms with Crippen molar-refractivity contribution in [3.8, 4) is 0 Å². The summed E-state index contributed by atoms with van der Waals surface area (Å²) in [6.07, 6.45) is 12.4. The summed E-state index contributed by atoms with van der Waals surface area (Å²) in [5, 5.41) is 2.69. The van der Waals surface area contributed by atoms with Gasteiger partial charge in [0.25, 0.3) is 11.6 Å². The molecule has 0 radical (unpaired) electrons. The number of rotatable bonds is 16. The normalized spacial score (nSPS) is 15.2. The number of carbonyl (C=O) groups is 2. The first-order valence-corrected chi connectivity index (χ1v) is 19.5. The van der Waals surface area contributed by atoms with Gasteiger partial charge in [-0.25, -0.2) is 9.98 Å². The highest BCUT2D eigenvalue weighted by Gasteiger charge is 2.29. The average Bonchev–Trinajstić information content (AvgIpc) is 3.13. The molecule has 0 aliphatic carbocycles. The fourth-order valence-electron chi connectivity index (χ4n) is 5.64. The van der Waals surface area contributed by atoms with Crippen LogP contribution in [0.15, 0.2) is 71.9 Å². The molecule has 1 aromatic carbocycles. The van der Waals surface area contributed by atoms with Gasteiger partial charge in [-0.3, -0.25) is 4.79 Å². The molecule has 1 amide bonds. The maximum absolute atomic E-state index is 13.8. The second-order valence-corrected chi connectivity index (χ2v) is 13.9. The fraction of sp³-hybridized carbons (Fsp3) is 0.524. The van der Waals surface area contributed by atoms with Crippen LogP contribution in [-0.4, -0.2) is 27.4 Å². The molecular weight excluding hydrogens is 675 g/mol. The molecule has 3 unspecified atom stereocenters. The van der Waals surface area contributed by atoms with E-state index < -0.39 is 11.6 Å². The van der Waals surface area contributed by atoms with Crippen molar-refractivity contribution in [2.75, 3.05) is 5.32 Å². The average molecular weight is 740 g/mol. The first-order chi connectivity index (χ1) is 24.6. The van der Waals surface area contributed by atoms with E-state index in [1.54, 1.807) is 19.2 Å². The lowest BCUT2D eigenvalue weighted by Gasteiger charge is -2.35. The molecule has 0 bridgehead atoms. The number of carbonyl (C=O) groups excluding carboxylic acids is 2. The van der Waals surface area contributed by atoms with Gasteiger partial charge in [0, 0.05) is 41.8 Å². The van der Waals surface area contributed by atoms with Gasteiger partial charge in [-0.2, -0.15) is 8.78 Å². The zero-order valence-corrected chi connectivity index (χ0v) is 34.4. The summed E-state index contributed by atoms with van der Waals surface area (Å²) in [6, 6.07) is 8.04. The summed E-state index contributed by atoms with van der Waals surface area (Å²) >= 11 is 0. The number of amidine groups is 1. The van der Waals surface area contributed by atoms with E-state index in [9.17, 15) is 18.4 Å². The molecule has 0 saturated carbocycles. The summed E-state index contributed by atoms with van der Waals surface area (Å²) in [6.45, 7) is 25.2. The number of halogens is 2. The number of pyridine rings is 1. The Bertz CT molecular complexity index is 1560. The fourth-order valence-corrected chi connectivity index (χ4v) is 5.82. The molecule has 4 atom stereocenters. The van der Waals surface area contributed by atoms with Crippen molar-refractivity contribution in [1.29, 1.82) is 0 Å². The van der Waals surface area contributed by atoms with Crippen LogP contribution in [0.5, 0.6) is 0 Å². The van der Waals surface area contributed by atoms with Gasteiger partial charge in [0.1, 0.15) is 17.4 Å². The summed E-state index contributed by atoms with van der Waals surface area (Å²) < 4.78 is 27.7. The molecule has 1 aromatic heterocycles. The maximum Gasteiger partial charge on any atom is 0.284 e. The summed E-state index contributed by atoms with van der Waals surface area (Å²) in [7, 11) is 1.51. The quantitative estimate of drug-likeness (QED) is 0.167. The van der Waals surface area contributed by atoms with Crippen LogP contribution in [0, 0.1) is 17.8 Å². The summed E-state index contributed by atoms with van der Waals surface area (Å²) in [5.41, 5.74) is 8.66. The van der Waals surface area contributed by atoms with Crippen molar-refractivity contribution in [3.05, 3.63) is 89.2 Å². The molecule has 1 aliphatic rings. The standard InChI is InChI=1S/C36H50F2N5OP.C4H8O.C2H6/c1-8-12-27-21-28(35(44)42-31-22-29(17-18-40-31)36(37,38)45)15-16-30(27)32(24(6)10-3)33-34(39)41-19-20-43(33)25(7)26(11-4)14-13-23(5)9-2;1-3-4(2)5;1-2/h15-24,26H,7-14,45H2,1-6H3,(H2,39,41)(H,40,42,44);3H2,1-2H3;1-2H3/b33-32+;;/t23-,24?,26?;;/m1../s1. The zero-order chi connectivity index (χ0) is 39.6. The first-order valence-electron chi connectivity index (χ1n) is 18.9. The molecule has 0 fully saturated rings. The number of aryl methyl sites for hydroxylation is 1. The van der Waals surface area contributed by atoms with E-state index in [4.69, 9.17) is 5.73 Å². The molecule has 10 heteroatoms. The Kier molecular flexibility index (Phi) is 20.5. The van der Waals surface area contributed by atoms with E-state index in [0.29, 0.717) is 29.7 Å². The summed E-state index contributed by atoms with van der Waals surface area (Å²) in [4.78, 5) is 33.8. The van der Waals surface area contributed by atoms with Crippen molar-refractivity contribution in [2.24, 2.45) is 28.5 Å². The van der Waals surface area contributed by atoms with Crippen molar-refractivity contribution in [2.45, 2.75) is 126 Å². The number of alkyl halides is 2. The largest absolute Gasteiger partial charge is 0.382 e. The van der Waals surface area contributed by atoms with Crippen molar-refractivity contribution in [1.82, 2.24) is 9.88 Å². The Hall–Kier alpha value is -3.71. The Labute approximate surface area is 314 Å². The van der Waals surface area contributed by atoms with Crippen LogP contribution in [0.2, 0.25) is 0 Å². The van der Waals surface area contributed by atoms with Gasteiger partial charge in [0.05, 0.1) is 5.70 Å². The number of aromatic nitrogens is 1. The molecule has 0 saturated heterocycles. The predicted molar refractivity (Wildman–Crippen MR) is 219 cm³/mol. The van der Waals surface area contributed by atoms with Gasteiger partial charge >= 0.3 is 0 Å². The minimum atomic E-state index is -3.12. The molecule has 3 rings (SSSR count). The maximum atomic E-state index is 13.8. The number of hydrogen-bond acceptors (Lipinski definition) is 6. The Morgan fingerprint density at radius 1 is 1.02 bits per heavy atom. The third-order valence-corrected chi connectivity index (χ3v) is 9.65. The highest BCUT2D eigenvalue weighted by Crippen LogP contribution is 2.39. The SMILES string of the molecule is C=C(C(CC)CC[C@H](C)CC)N1C=CN=C(N)/C1=C(\c1ccc(C(=O)Nc2cc(C(F)(F)P)ccn2)cc1CCC)C(C)CC.CC.CCC(C)=O. The van der Waals surface area contributed by atoms with Crippen LogP contribution in [0.1, 0.15) is 141 Å². The number of aliphatic imine (C=N–C) groups is 1. The molecular formula is C42H64F2N5O2P. The molecule has 2 heterocycles. The number of amides is 1. The van der Waals surface area contributed by atoms with Crippen molar-refractivity contribution in [3.63, 3.8) is 0 Å². The molecule has 0 spiro atoms. The lowest BCUT2D eigenvalue weighted by molar-refractivity contribution is -0.116. The highest BCUT2D eigenvalue weighted by atomic mass is 31.0. The van der Waals surface area contributed by atoms with E-state index >= 15 is 0 Å². The van der Waals surface area contributed by atoms with Crippen LogP contribution >= 0.6 is 9.24 Å². The number of hydrogen-bond donors (Lipinski definition) is 2.